The first-order chi connectivity index (χ1) is 12.7. The molecule has 1 saturated heterocycles. The minimum Gasteiger partial charge on any atom is -0.469 e. The van der Waals surface area contributed by atoms with E-state index in [4.69, 9.17) is 4.99 Å². The molecule has 146 valence electrons. The van der Waals surface area contributed by atoms with E-state index in [0.29, 0.717) is 6.42 Å². The minimum absolute atomic E-state index is 0.112. The highest BCUT2D eigenvalue weighted by Crippen LogP contribution is 2.22. The Morgan fingerprint density at radius 2 is 2.00 bits per heavy atom. The van der Waals surface area contributed by atoms with E-state index in [0.717, 1.165) is 70.9 Å². The zero-order valence-corrected chi connectivity index (χ0v) is 16.9. The van der Waals surface area contributed by atoms with Crippen molar-refractivity contribution >= 4 is 28.3 Å². The number of unbranched alkanes of at least 4 members (excludes halogenated alkanes) is 3. The first kappa shape index (κ1) is 20.6. The molecule has 0 atom stereocenters. The molecule has 0 amide bonds. The van der Waals surface area contributed by atoms with E-state index in [2.05, 4.69) is 44.3 Å². The molecule has 26 heavy (non-hydrogen) atoms. The Labute approximate surface area is 161 Å². The molecular formula is C19H32N4O2S. The number of guanidine groups is 1. The second-order valence-corrected chi connectivity index (χ2v) is 7.33. The van der Waals surface area contributed by atoms with Crippen molar-refractivity contribution in [2.75, 3.05) is 51.3 Å². The van der Waals surface area contributed by atoms with Crippen molar-refractivity contribution in [3.8, 4) is 0 Å². The van der Waals surface area contributed by atoms with E-state index in [1.165, 1.54) is 12.1 Å². The molecule has 0 unspecified atom stereocenters. The van der Waals surface area contributed by atoms with Gasteiger partial charge < -0.3 is 19.9 Å². The van der Waals surface area contributed by atoms with Crippen molar-refractivity contribution in [2.45, 2.75) is 39.0 Å². The molecule has 0 saturated carbocycles. The molecule has 1 aromatic heterocycles. The number of piperazine rings is 1. The topological polar surface area (TPSA) is 57.2 Å². The Morgan fingerprint density at radius 3 is 2.65 bits per heavy atom. The number of rotatable bonds is 9. The molecule has 0 bridgehead atoms. The molecule has 2 rings (SSSR count). The summed E-state index contributed by atoms with van der Waals surface area (Å²) in [5.41, 5.74) is 0. The Morgan fingerprint density at radius 1 is 1.23 bits per heavy atom. The van der Waals surface area contributed by atoms with Crippen LogP contribution in [0.1, 0.15) is 39.0 Å². The summed E-state index contributed by atoms with van der Waals surface area (Å²) in [6.07, 6.45) is 4.65. The number of anilines is 1. The molecule has 6 nitrogen and oxygen atoms in total. The van der Waals surface area contributed by atoms with Crippen LogP contribution in [0, 0.1) is 0 Å². The van der Waals surface area contributed by atoms with Gasteiger partial charge in [-0.25, -0.2) is 0 Å². The molecule has 7 heteroatoms. The molecule has 0 aromatic carbocycles. The van der Waals surface area contributed by atoms with E-state index in [9.17, 15) is 4.79 Å². The summed E-state index contributed by atoms with van der Waals surface area (Å²) in [5.74, 6) is 0.923. The van der Waals surface area contributed by atoms with Crippen LogP contribution in [0.4, 0.5) is 5.00 Å². The first-order valence-corrected chi connectivity index (χ1v) is 10.5. The van der Waals surface area contributed by atoms with Gasteiger partial charge in [0.15, 0.2) is 5.96 Å². The Kier molecular flexibility index (Phi) is 9.31. The molecule has 2 heterocycles. The van der Waals surface area contributed by atoms with Crippen molar-refractivity contribution in [1.29, 1.82) is 0 Å². The summed E-state index contributed by atoms with van der Waals surface area (Å²) in [7, 11) is 1.44. The van der Waals surface area contributed by atoms with E-state index >= 15 is 0 Å². The fraction of sp³-hybridized carbons (Fsp3) is 0.684. The summed E-state index contributed by atoms with van der Waals surface area (Å²) in [6, 6.07) is 4.31. The fourth-order valence-electron chi connectivity index (χ4n) is 3.04. The number of hydrogen-bond acceptors (Lipinski definition) is 5. The fourth-order valence-corrected chi connectivity index (χ4v) is 3.82. The van der Waals surface area contributed by atoms with Crippen molar-refractivity contribution in [3.05, 3.63) is 17.5 Å². The van der Waals surface area contributed by atoms with Crippen LogP contribution >= 0.6 is 11.3 Å². The third kappa shape index (κ3) is 6.86. The maximum Gasteiger partial charge on any atom is 0.305 e. The highest BCUT2D eigenvalue weighted by atomic mass is 32.1. The summed E-state index contributed by atoms with van der Waals surface area (Å²) < 4.78 is 4.66. The SMILES string of the molecule is CCNC(=NCCCCCCC(=O)OC)N1CCN(c2cccs2)CC1. The molecule has 1 aromatic rings. The van der Waals surface area contributed by atoms with Gasteiger partial charge in [0, 0.05) is 45.7 Å². The van der Waals surface area contributed by atoms with Gasteiger partial charge in [0.2, 0.25) is 0 Å². The molecular weight excluding hydrogens is 348 g/mol. The number of carbonyl (C=O) groups excluding carboxylic acids is 1. The van der Waals surface area contributed by atoms with E-state index < -0.39 is 0 Å². The number of esters is 1. The Bertz CT molecular complexity index is 540. The van der Waals surface area contributed by atoms with Crippen LogP contribution in [0.5, 0.6) is 0 Å². The summed E-state index contributed by atoms with van der Waals surface area (Å²) in [6.45, 7) is 7.93. The van der Waals surface area contributed by atoms with Gasteiger partial charge in [-0.3, -0.25) is 9.79 Å². The predicted octanol–water partition coefficient (Wildman–Crippen LogP) is 2.96. The first-order valence-electron chi connectivity index (χ1n) is 9.63. The van der Waals surface area contributed by atoms with Gasteiger partial charge >= 0.3 is 5.97 Å². The van der Waals surface area contributed by atoms with Crippen LogP contribution in [0.15, 0.2) is 22.5 Å². The zero-order valence-electron chi connectivity index (χ0n) is 16.1. The van der Waals surface area contributed by atoms with E-state index in [1.54, 1.807) is 0 Å². The van der Waals surface area contributed by atoms with Crippen LogP contribution < -0.4 is 10.2 Å². The lowest BCUT2D eigenvalue weighted by molar-refractivity contribution is -0.140. The predicted molar refractivity (Wildman–Crippen MR) is 109 cm³/mol. The number of nitrogens with zero attached hydrogens (tertiary/aromatic N) is 3. The number of thiophene rings is 1. The number of methoxy groups -OCH3 is 1. The van der Waals surface area contributed by atoms with Crippen molar-refractivity contribution in [2.24, 2.45) is 4.99 Å². The van der Waals surface area contributed by atoms with Crippen molar-refractivity contribution in [1.82, 2.24) is 10.2 Å². The maximum absolute atomic E-state index is 11.1. The Hall–Kier alpha value is -1.76. The highest BCUT2D eigenvalue weighted by molar-refractivity contribution is 7.14. The van der Waals surface area contributed by atoms with Gasteiger partial charge in [0.1, 0.15) is 0 Å². The van der Waals surface area contributed by atoms with Crippen molar-refractivity contribution < 1.29 is 9.53 Å². The Balaban J connectivity index is 1.69. The van der Waals surface area contributed by atoms with Crippen LogP contribution in [-0.4, -0.2) is 63.2 Å². The lowest BCUT2D eigenvalue weighted by atomic mass is 10.1. The lowest BCUT2D eigenvalue weighted by Gasteiger charge is -2.37. The van der Waals surface area contributed by atoms with E-state index in [-0.39, 0.29) is 5.97 Å². The number of ether oxygens (including phenoxy) is 1. The van der Waals surface area contributed by atoms with Crippen molar-refractivity contribution in [3.63, 3.8) is 0 Å². The quantitative estimate of drug-likeness (QED) is 0.309. The molecule has 1 fully saturated rings. The lowest BCUT2D eigenvalue weighted by Crippen LogP contribution is -2.52. The van der Waals surface area contributed by atoms with Gasteiger partial charge in [-0.05, 0) is 37.3 Å². The smallest absolute Gasteiger partial charge is 0.305 e. The van der Waals surface area contributed by atoms with Gasteiger partial charge in [-0.2, -0.15) is 0 Å². The number of hydrogen-bond donors (Lipinski definition) is 1. The largest absolute Gasteiger partial charge is 0.469 e. The summed E-state index contributed by atoms with van der Waals surface area (Å²) >= 11 is 1.81. The minimum atomic E-state index is -0.112. The standard InChI is InChI=1S/C19H32N4O2S/c1-3-20-19(21-11-7-5-4-6-10-18(24)25-2)23-14-12-22(13-15-23)17-9-8-16-26-17/h8-9,16H,3-7,10-15H2,1-2H3,(H,20,21). The van der Waals surface area contributed by atoms with Crippen LogP contribution in [0.3, 0.4) is 0 Å². The molecule has 1 aliphatic heterocycles. The average Bonchev–Trinajstić information content (AvgIpc) is 3.21. The third-order valence-electron chi connectivity index (χ3n) is 4.51. The van der Waals surface area contributed by atoms with Crippen LogP contribution in [0.25, 0.3) is 0 Å². The number of aliphatic imine (C=N–C) groups is 1. The van der Waals surface area contributed by atoms with Gasteiger partial charge in [0.25, 0.3) is 0 Å². The number of carbonyl (C=O) groups is 1. The zero-order chi connectivity index (χ0) is 18.6. The monoisotopic (exact) mass is 380 g/mol. The summed E-state index contributed by atoms with van der Waals surface area (Å²) in [4.78, 5) is 20.7. The van der Waals surface area contributed by atoms with Gasteiger partial charge in [0.05, 0.1) is 12.1 Å². The second kappa shape index (κ2) is 11.8. The van der Waals surface area contributed by atoms with Crippen LogP contribution in [0.2, 0.25) is 0 Å². The molecule has 0 radical (unpaired) electrons. The molecule has 1 N–H and O–H groups in total. The average molecular weight is 381 g/mol. The maximum atomic E-state index is 11.1. The second-order valence-electron chi connectivity index (χ2n) is 6.40. The molecule has 0 aliphatic carbocycles. The normalized spacial score (nSPS) is 15.2. The van der Waals surface area contributed by atoms with Crippen LogP contribution in [-0.2, 0) is 9.53 Å². The summed E-state index contributed by atoms with van der Waals surface area (Å²) in [5, 5.41) is 6.92. The molecule has 1 aliphatic rings. The van der Waals surface area contributed by atoms with E-state index in [1.807, 2.05) is 11.3 Å². The third-order valence-corrected chi connectivity index (χ3v) is 5.44. The van der Waals surface area contributed by atoms with Gasteiger partial charge in [-0.15, -0.1) is 11.3 Å². The van der Waals surface area contributed by atoms with Gasteiger partial charge in [-0.1, -0.05) is 12.8 Å². The molecule has 0 spiro atoms. The highest BCUT2D eigenvalue weighted by Gasteiger charge is 2.20. The number of nitrogens with one attached hydrogen (secondary N) is 1.